The molecule has 192 valence electrons. The van der Waals surface area contributed by atoms with Gasteiger partial charge < -0.3 is 14.8 Å². The van der Waals surface area contributed by atoms with Crippen LogP contribution in [0.2, 0.25) is 0 Å². The number of benzene rings is 3. The SMILES string of the molecule is CCCc1ccc(OCCNC(=O)CN(c2ccc(OCC)cc2)S(=O)(=O)c2ccc(F)cc2)cc1. The quantitative estimate of drug-likeness (QED) is 0.338. The Kier molecular flexibility index (Phi) is 9.69. The fourth-order valence-electron chi connectivity index (χ4n) is 3.51. The Morgan fingerprint density at radius 1 is 0.889 bits per heavy atom. The van der Waals surface area contributed by atoms with Crippen molar-refractivity contribution in [2.75, 3.05) is 30.6 Å². The van der Waals surface area contributed by atoms with E-state index in [1.807, 2.05) is 31.2 Å². The van der Waals surface area contributed by atoms with Crippen LogP contribution in [-0.2, 0) is 21.2 Å². The van der Waals surface area contributed by atoms with Gasteiger partial charge in [0.05, 0.1) is 23.7 Å². The van der Waals surface area contributed by atoms with Crippen LogP contribution in [0.15, 0.2) is 77.7 Å². The number of hydrogen-bond donors (Lipinski definition) is 1. The Morgan fingerprint density at radius 3 is 2.11 bits per heavy atom. The number of amides is 1. The van der Waals surface area contributed by atoms with Gasteiger partial charge in [-0.15, -0.1) is 0 Å². The lowest BCUT2D eigenvalue weighted by Gasteiger charge is -2.24. The van der Waals surface area contributed by atoms with Gasteiger partial charge in [-0.25, -0.2) is 12.8 Å². The molecule has 0 radical (unpaired) electrons. The van der Waals surface area contributed by atoms with Gasteiger partial charge in [0.25, 0.3) is 10.0 Å². The third-order valence-electron chi connectivity index (χ3n) is 5.28. The normalized spacial score (nSPS) is 11.1. The van der Waals surface area contributed by atoms with Gasteiger partial charge in [-0.3, -0.25) is 9.10 Å². The van der Waals surface area contributed by atoms with E-state index in [2.05, 4.69) is 12.2 Å². The Labute approximate surface area is 211 Å². The highest BCUT2D eigenvalue weighted by Crippen LogP contribution is 2.26. The van der Waals surface area contributed by atoms with Crippen molar-refractivity contribution in [3.63, 3.8) is 0 Å². The summed E-state index contributed by atoms with van der Waals surface area (Å²) in [7, 11) is -4.14. The van der Waals surface area contributed by atoms with Crippen LogP contribution in [0.25, 0.3) is 0 Å². The van der Waals surface area contributed by atoms with Crippen molar-refractivity contribution in [1.82, 2.24) is 5.32 Å². The number of hydrogen-bond acceptors (Lipinski definition) is 5. The van der Waals surface area contributed by atoms with Crippen molar-refractivity contribution in [3.8, 4) is 11.5 Å². The van der Waals surface area contributed by atoms with Crippen LogP contribution in [0, 0.1) is 5.82 Å². The molecule has 3 rings (SSSR count). The molecular weight excluding hydrogens is 483 g/mol. The number of nitrogens with one attached hydrogen (secondary N) is 1. The molecule has 7 nitrogen and oxygen atoms in total. The molecule has 0 aromatic heterocycles. The minimum absolute atomic E-state index is 0.125. The van der Waals surface area contributed by atoms with Crippen LogP contribution in [0.1, 0.15) is 25.8 Å². The van der Waals surface area contributed by atoms with Crippen molar-refractivity contribution in [3.05, 3.63) is 84.2 Å². The number of sulfonamides is 1. The maximum atomic E-state index is 13.4. The lowest BCUT2D eigenvalue weighted by Crippen LogP contribution is -2.41. The average molecular weight is 515 g/mol. The molecule has 0 saturated carbocycles. The Bertz CT molecular complexity index is 1210. The van der Waals surface area contributed by atoms with Gasteiger partial charge >= 0.3 is 0 Å². The van der Waals surface area contributed by atoms with Crippen LogP contribution in [0.3, 0.4) is 0 Å². The topological polar surface area (TPSA) is 84.9 Å². The van der Waals surface area contributed by atoms with Gasteiger partial charge in [0, 0.05) is 0 Å². The van der Waals surface area contributed by atoms with E-state index in [1.54, 1.807) is 24.3 Å². The average Bonchev–Trinajstić information content (AvgIpc) is 2.87. The summed E-state index contributed by atoms with van der Waals surface area (Å²) >= 11 is 0. The zero-order chi connectivity index (χ0) is 26.0. The molecular formula is C27H31FN2O5S. The molecule has 0 fully saturated rings. The summed E-state index contributed by atoms with van der Waals surface area (Å²) in [4.78, 5) is 12.6. The first-order valence-corrected chi connectivity index (χ1v) is 13.3. The van der Waals surface area contributed by atoms with E-state index in [-0.39, 0.29) is 23.7 Å². The first-order valence-electron chi connectivity index (χ1n) is 11.8. The van der Waals surface area contributed by atoms with E-state index in [1.165, 1.54) is 17.7 Å². The van der Waals surface area contributed by atoms with Crippen molar-refractivity contribution in [2.45, 2.75) is 31.6 Å². The molecule has 9 heteroatoms. The van der Waals surface area contributed by atoms with Crippen LogP contribution in [0.5, 0.6) is 11.5 Å². The van der Waals surface area contributed by atoms with Gasteiger partial charge in [-0.2, -0.15) is 0 Å². The number of halogens is 1. The maximum absolute atomic E-state index is 13.4. The zero-order valence-corrected chi connectivity index (χ0v) is 21.3. The Balaban J connectivity index is 1.67. The summed E-state index contributed by atoms with van der Waals surface area (Å²) in [5.74, 6) is 0.208. The van der Waals surface area contributed by atoms with Crippen LogP contribution in [-0.4, -0.2) is 40.6 Å². The summed E-state index contributed by atoms with van der Waals surface area (Å²) in [6, 6.07) is 18.6. The predicted molar refractivity (Wildman–Crippen MR) is 137 cm³/mol. The van der Waals surface area contributed by atoms with E-state index >= 15 is 0 Å². The first-order chi connectivity index (χ1) is 17.3. The maximum Gasteiger partial charge on any atom is 0.264 e. The molecule has 0 spiro atoms. The highest BCUT2D eigenvalue weighted by atomic mass is 32.2. The smallest absolute Gasteiger partial charge is 0.264 e. The van der Waals surface area contributed by atoms with E-state index in [9.17, 15) is 17.6 Å². The number of aryl methyl sites for hydroxylation is 1. The second-order valence-corrected chi connectivity index (χ2v) is 9.85. The molecule has 1 amide bonds. The number of carbonyl (C=O) groups is 1. The zero-order valence-electron chi connectivity index (χ0n) is 20.4. The largest absolute Gasteiger partial charge is 0.494 e. The van der Waals surface area contributed by atoms with Crippen LogP contribution >= 0.6 is 0 Å². The number of anilines is 1. The Hall–Kier alpha value is -3.59. The lowest BCUT2D eigenvalue weighted by atomic mass is 10.1. The van der Waals surface area contributed by atoms with Gasteiger partial charge in [0.1, 0.15) is 30.5 Å². The number of carbonyl (C=O) groups excluding carboxylic acids is 1. The summed E-state index contributed by atoms with van der Waals surface area (Å²) < 4.78 is 52.1. The Morgan fingerprint density at radius 2 is 1.50 bits per heavy atom. The van der Waals surface area contributed by atoms with Crippen LogP contribution < -0.4 is 19.1 Å². The summed E-state index contributed by atoms with van der Waals surface area (Å²) in [6.45, 7) is 4.39. The third-order valence-corrected chi connectivity index (χ3v) is 7.07. The second kappa shape index (κ2) is 12.9. The number of nitrogens with zero attached hydrogens (tertiary/aromatic N) is 1. The number of ether oxygens (including phenoxy) is 2. The van der Waals surface area contributed by atoms with E-state index in [0.29, 0.717) is 18.1 Å². The van der Waals surface area contributed by atoms with E-state index in [4.69, 9.17) is 9.47 Å². The van der Waals surface area contributed by atoms with Gasteiger partial charge in [-0.1, -0.05) is 25.5 Å². The molecule has 0 heterocycles. The predicted octanol–water partition coefficient (Wildman–Crippen LogP) is 4.57. The van der Waals surface area contributed by atoms with Gasteiger partial charge in [-0.05, 0) is 79.6 Å². The summed E-state index contributed by atoms with van der Waals surface area (Å²) in [6.07, 6.45) is 2.07. The van der Waals surface area contributed by atoms with Crippen LogP contribution in [0.4, 0.5) is 10.1 Å². The molecule has 3 aromatic rings. The third kappa shape index (κ3) is 7.45. The molecule has 0 aliphatic rings. The first kappa shape index (κ1) is 27.0. The minimum atomic E-state index is -4.14. The molecule has 36 heavy (non-hydrogen) atoms. The van der Waals surface area contributed by atoms with Crippen molar-refractivity contribution < 1.29 is 27.1 Å². The fourth-order valence-corrected chi connectivity index (χ4v) is 4.93. The highest BCUT2D eigenvalue weighted by Gasteiger charge is 2.27. The minimum Gasteiger partial charge on any atom is -0.494 e. The van der Waals surface area contributed by atoms with Crippen molar-refractivity contribution in [2.24, 2.45) is 0 Å². The highest BCUT2D eigenvalue weighted by molar-refractivity contribution is 7.92. The van der Waals surface area contributed by atoms with Crippen molar-refractivity contribution >= 4 is 21.6 Å². The summed E-state index contributed by atoms with van der Waals surface area (Å²) in [5, 5.41) is 2.69. The van der Waals surface area contributed by atoms with Crippen molar-refractivity contribution in [1.29, 1.82) is 0 Å². The molecule has 0 saturated heterocycles. The van der Waals surface area contributed by atoms with Gasteiger partial charge in [0.15, 0.2) is 0 Å². The van der Waals surface area contributed by atoms with E-state index in [0.717, 1.165) is 29.3 Å². The lowest BCUT2D eigenvalue weighted by molar-refractivity contribution is -0.119. The summed E-state index contributed by atoms with van der Waals surface area (Å²) in [5.41, 5.74) is 1.51. The van der Waals surface area contributed by atoms with Gasteiger partial charge in [0.2, 0.25) is 5.91 Å². The number of rotatable bonds is 13. The molecule has 1 N–H and O–H groups in total. The molecule has 0 bridgehead atoms. The molecule has 0 aliphatic carbocycles. The monoisotopic (exact) mass is 514 g/mol. The fraction of sp³-hybridized carbons (Fsp3) is 0.296. The second-order valence-electron chi connectivity index (χ2n) is 7.98. The van der Waals surface area contributed by atoms with E-state index < -0.39 is 28.3 Å². The molecule has 0 unspecified atom stereocenters. The molecule has 0 atom stereocenters. The molecule has 0 aliphatic heterocycles. The standard InChI is InChI=1S/C27H31FN2O5S/c1-3-5-21-6-12-25(13-7-21)35-19-18-29-27(31)20-30(23-10-14-24(15-11-23)34-4-2)36(32,33)26-16-8-22(28)9-17-26/h6-17H,3-5,18-20H2,1-2H3,(H,29,31). The molecule has 3 aromatic carbocycles.